The number of rotatable bonds is 8. The Hall–Kier alpha value is -2.05. The van der Waals surface area contributed by atoms with E-state index in [1.807, 2.05) is 0 Å². The molecular weight excluding hydrogens is 360 g/mol. The molecule has 7 heteroatoms. The van der Waals surface area contributed by atoms with Crippen molar-refractivity contribution in [2.24, 2.45) is 0 Å². The molecule has 2 rings (SSSR count). The molecule has 0 saturated carbocycles. The van der Waals surface area contributed by atoms with Crippen LogP contribution in [0.4, 0.5) is 5.69 Å². The molecule has 0 aliphatic carbocycles. The molecule has 0 bridgehead atoms. The fourth-order valence-corrected chi connectivity index (χ4v) is 3.53. The lowest BCUT2D eigenvalue weighted by Crippen LogP contribution is -2.24. The normalized spacial score (nSPS) is 11.1. The van der Waals surface area contributed by atoms with Crippen molar-refractivity contribution in [1.82, 2.24) is 5.32 Å². The summed E-state index contributed by atoms with van der Waals surface area (Å²) in [5.41, 5.74) is 0.674. The second-order valence-electron chi connectivity index (χ2n) is 5.61. The minimum atomic E-state index is -3.80. The third-order valence-electron chi connectivity index (χ3n) is 3.55. The third kappa shape index (κ3) is 5.76. The summed E-state index contributed by atoms with van der Waals surface area (Å²) in [6.07, 6.45) is 3.01. The summed E-state index contributed by atoms with van der Waals surface area (Å²) < 4.78 is 27.5. The molecule has 0 atom stereocenters. The smallest absolute Gasteiger partial charge is 0.261 e. The summed E-state index contributed by atoms with van der Waals surface area (Å²) in [6.45, 7) is 2.66. The molecule has 2 N–H and O–H groups in total. The minimum absolute atomic E-state index is 0.0219. The number of nitrogens with one attached hydrogen (secondary N) is 2. The molecule has 0 spiro atoms. The molecule has 2 aromatic carbocycles. The SMILES string of the molecule is CCCCCNC(=O)c1cccc(S(=O)(=O)Nc2cccc(Cl)c2)c1. The lowest BCUT2D eigenvalue weighted by Gasteiger charge is -2.10. The van der Waals surface area contributed by atoms with Crippen LogP contribution in [0.15, 0.2) is 53.4 Å². The van der Waals surface area contributed by atoms with E-state index in [2.05, 4.69) is 17.0 Å². The second-order valence-corrected chi connectivity index (χ2v) is 7.73. The van der Waals surface area contributed by atoms with E-state index >= 15 is 0 Å². The number of unbranched alkanes of at least 4 members (excludes halogenated alkanes) is 2. The van der Waals surface area contributed by atoms with E-state index in [0.717, 1.165) is 19.3 Å². The van der Waals surface area contributed by atoms with E-state index in [-0.39, 0.29) is 10.8 Å². The standard InChI is InChI=1S/C18H21ClN2O3S/c1-2-3-4-11-20-18(22)14-7-5-10-17(12-14)25(23,24)21-16-9-6-8-15(19)13-16/h5-10,12-13,21H,2-4,11H2,1H3,(H,20,22). The minimum Gasteiger partial charge on any atom is -0.352 e. The number of hydrogen-bond donors (Lipinski definition) is 2. The number of amides is 1. The van der Waals surface area contributed by atoms with Gasteiger partial charge >= 0.3 is 0 Å². The molecule has 0 aliphatic rings. The highest BCUT2D eigenvalue weighted by atomic mass is 35.5. The number of carbonyl (C=O) groups is 1. The molecule has 0 unspecified atom stereocenters. The van der Waals surface area contributed by atoms with E-state index in [4.69, 9.17) is 11.6 Å². The van der Waals surface area contributed by atoms with Gasteiger partial charge in [-0.2, -0.15) is 0 Å². The van der Waals surface area contributed by atoms with Crippen LogP contribution in [0.2, 0.25) is 5.02 Å². The molecule has 0 heterocycles. The Morgan fingerprint density at radius 2 is 1.84 bits per heavy atom. The van der Waals surface area contributed by atoms with Crippen molar-refractivity contribution >= 4 is 33.2 Å². The lowest BCUT2D eigenvalue weighted by molar-refractivity contribution is 0.0952. The number of halogens is 1. The molecule has 0 radical (unpaired) electrons. The first kappa shape index (κ1) is 19.3. The largest absolute Gasteiger partial charge is 0.352 e. The summed E-state index contributed by atoms with van der Waals surface area (Å²) in [5, 5.41) is 3.23. The summed E-state index contributed by atoms with van der Waals surface area (Å²) in [7, 11) is -3.80. The Morgan fingerprint density at radius 1 is 1.08 bits per heavy atom. The maximum absolute atomic E-state index is 12.5. The van der Waals surface area contributed by atoms with Crippen molar-refractivity contribution in [1.29, 1.82) is 0 Å². The molecule has 0 fully saturated rings. The maximum atomic E-state index is 12.5. The van der Waals surface area contributed by atoms with Gasteiger partial charge in [0.25, 0.3) is 15.9 Å². The van der Waals surface area contributed by atoms with Crippen molar-refractivity contribution in [3.63, 3.8) is 0 Å². The summed E-state index contributed by atoms with van der Waals surface area (Å²) in [5.74, 6) is -0.282. The van der Waals surface area contributed by atoms with Gasteiger partial charge in [-0.25, -0.2) is 8.42 Å². The molecule has 5 nitrogen and oxygen atoms in total. The topological polar surface area (TPSA) is 75.3 Å². The molecule has 2 aromatic rings. The molecular formula is C18H21ClN2O3S. The summed E-state index contributed by atoms with van der Waals surface area (Å²) in [4.78, 5) is 12.2. The predicted octanol–water partition coefficient (Wildman–Crippen LogP) is 4.06. The van der Waals surface area contributed by atoms with Crippen molar-refractivity contribution in [2.75, 3.05) is 11.3 Å². The molecule has 0 saturated heterocycles. The first-order valence-electron chi connectivity index (χ1n) is 8.09. The van der Waals surface area contributed by atoms with E-state index in [1.54, 1.807) is 30.3 Å². The van der Waals surface area contributed by atoms with Crippen LogP contribution in [0.5, 0.6) is 0 Å². The molecule has 134 valence electrons. The third-order valence-corrected chi connectivity index (χ3v) is 5.16. The highest BCUT2D eigenvalue weighted by Gasteiger charge is 2.16. The Bertz CT molecular complexity index is 838. The van der Waals surface area contributed by atoms with E-state index < -0.39 is 10.0 Å². The number of carbonyl (C=O) groups excluding carboxylic acids is 1. The van der Waals surface area contributed by atoms with Crippen LogP contribution in [0.3, 0.4) is 0 Å². The van der Waals surface area contributed by atoms with Gasteiger partial charge in [-0.3, -0.25) is 9.52 Å². The van der Waals surface area contributed by atoms with Gasteiger partial charge in [0.2, 0.25) is 0 Å². The second kappa shape index (κ2) is 8.87. The first-order valence-corrected chi connectivity index (χ1v) is 9.95. The maximum Gasteiger partial charge on any atom is 0.261 e. The highest BCUT2D eigenvalue weighted by Crippen LogP contribution is 2.20. The summed E-state index contributed by atoms with van der Waals surface area (Å²) >= 11 is 5.87. The average molecular weight is 381 g/mol. The van der Waals surface area contributed by atoms with Gasteiger partial charge in [0.15, 0.2) is 0 Å². The van der Waals surface area contributed by atoms with Crippen molar-refractivity contribution in [2.45, 2.75) is 31.1 Å². The molecule has 0 aliphatic heterocycles. The fourth-order valence-electron chi connectivity index (χ4n) is 2.25. The van der Waals surface area contributed by atoms with Crippen LogP contribution in [-0.4, -0.2) is 20.9 Å². The van der Waals surface area contributed by atoms with Crippen LogP contribution >= 0.6 is 11.6 Å². The first-order chi connectivity index (χ1) is 11.9. The zero-order chi connectivity index (χ0) is 18.3. The Balaban J connectivity index is 2.12. The Labute approximate surface area is 153 Å². The highest BCUT2D eigenvalue weighted by molar-refractivity contribution is 7.92. The van der Waals surface area contributed by atoms with Gasteiger partial charge < -0.3 is 5.32 Å². The number of hydrogen-bond acceptors (Lipinski definition) is 3. The van der Waals surface area contributed by atoms with Crippen molar-refractivity contribution < 1.29 is 13.2 Å². The van der Waals surface area contributed by atoms with E-state index in [9.17, 15) is 13.2 Å². The van der Waals surface area contributed by atoms with Crippen LogP contribution in [0.1, 0.15) is 36.5 Å². The van der Waals surface area contributed by atoms with Crippen molar-refractivity contribution in [3.05, 3.63) is 59.1 Å². The Morgan fingerprint density at radius 3 is 2.56 bits per heavy atom. The van der Waals surface area contributed by atoms with Gasteiger partial charge in [-0.15, -0.1) is 0 Å². The quantitative estimate of drug-likeness (QED) is 0.678. The molecule has 1 amide bonds. The molecule has 25 heavy (non-hydrogen) atoms. The average Bonchev–Trinajstić information content (AvgIpc) is 2.58. The fraction of sp³-hybridized carbons (Fsp3) is 0.278. The van der Waals surface area contributed by atoms with Crippen LogP contribution in [0, 0.1) is 0 Å². The van der Waals surface area contributed by atoms with Gasteiger partial charge in [0, 0.05) is 17.1 Å². The summed E-state index contributed by atoms with van der Waals surface area (Å²) in [6, 6.07) is 12.4. The lowest BCUT2D eigenvalue weighted by atomic mass is 10.2. The van der Waals surface area contributed by atoms with Crippen LogP contribution in [0.25, 0.3) is 0 Å². The van der Waals surface area contributed by atoms with Gasteiger partial charge in [0.05, 0.1) is 10.6 Å². The predicted molar refractivity (Wildman–Crippen MR) is 101 cm³/mol. The van der Waals surface area contributed by atoms with Crippen LogP contribution < -0.4 is 10.0 Å². The van der Waals surface area contributed by atoms with Crippen molar-refractivity contribution in [3.8, 4) is 0 Å². The Kier molecular flexibility index (Phi) is 6.84. The van der Waals surface area contributed by atoms with Gasteiger partial charge in [-0.1, -0.05) is 43.5 Å². The van der Waals surface area contributed by atoms with E-state index in [0.29, 0.717) is 22.8 Å². The van der Waals surface area contributed by atoms with E-state index in [1.165, 1.54) is 18.2 Å². The van der Waals surface area contributed by atoms with Crippen LogP contribution in [-0.2, 0) is 10.0 Å². The monoisotopic (exact) mass is 380 g/mol. The number of anilines is 1. The number of benzene rings is 2. The zero-order valence-electron chi connectivity index (χ0n) is 14.0. The van der Waals surface area contributed by atoms with Gasteiger partial charge in [0.1, 0.15) is 0 Å². The number of sulfonamides is 1. The van der Waals surface area contributed by atoms with Gasteiger partial charge in [-0.05, 0) is 42.8 Å². The zero-order valence-corrected chi connectivity index (χ0v) is 15.5. The molecule has 0 aromatic heterocycles.